The van der Waals surface area contributed by atoms with Gasteiger partial charge in [-0.2, -0.15) is 0 Å². The van der Waals surface area contributed by atoms with E-state index in [1.807, 2.05) is 73.7 Å². The van der Waals surface area contributed by atoms with Crippen molar-refractivity contribution >= 4 is 22.4 Å². The first-order chi connectivity index (χ1) is 14.0. The predicted octanol–water partition coefficient (Wildman–Crippen LogP) is 5.49. The summed E-state index contributed by atoms with van der Waals surface area (Å²) in [6.45, 7) is 6.09. The Balaban J connectivity index is 1.97. The molecule has 144 valence electrons. The molecule has 3 aromatic carbocycles. The summed E-state index contributed by atoms with van der Waals surface area (Å²) < 4.78 is 6.64. The van der Waals surface area contributed by atoms with Crippen LogP contribution in [0.4, 0.5) is 0 Å². The van der Waals surface area contributed by atoms with Gasteiger partial charge in [-0.05, 0) is 41.8 Å². The molecule has 0 aliphatic carbocycles. The second-order valence-corrected chi connectivity index (χ2v) is 6.89. The van der Waals surface area contributed by atoms with Crippen LogP contribution in [-0.4, -0.2) is 22.8 Å². The molecule has 0 atom stereocenters. The molecule has 4 rings (SSSR count). The van der Waals surface area contributed by atoms with E-state index in [4.69, 9.17) is 4.74 Å². The van der Waals surface area contributed by atoms with Crippen molar-refractivity contribution in [3.8, 4) is 11.6 Å². The zero-order valence-corrected chi connectivity index (χ0v) is 16.3. The van der Waals surface area contributed by atoms with Gasteiger partial charge < -0.3 is 9.84 Å². The zero-order chi connectivity index (χ0) is 20.5. The molecule has 0 bridgehead atoms. The Morgan fingerprint density at radius 2 is 1.69 bits per heavy atom. The van der Waals surface area contributed by atoms with E-state index in [-0.39, 0.29) is 5.88 Å². The number of nitrogens with zero attached hydrogens (tertiary/aromatic N) is 1. The van der Waals surface area contributed by atoms with Crippen LogP contribution in [0.5, 0.6) is 5.88 Å². The van der Waals surface area contributed by atoms with Crippen molar-refractivity contribution < 1.29 is 14.6 Å². The first-order valence-corrected chi connectivity index (χ1v) is 9.29. The lowest BCUT2D eigenvalue weighted by Crippen LogP contribution is -2.05. The highest BCUT2D eigenvalue weighted by Gasteiger charge is 2.21. The summed E-state index contributed by atoms with van der Waals surface area (Å²) in [5.74, 6) is -0.325. The average molecular weight is 383 g/mol. The lowest BCUT2D eigenvalue weighted by Gasteiger charge is -2.11. The summed E-state index contributed by atoms with van der Waals surface area (Å²) in [4.78, 5) is 12.2. The first kappa shape index (κ1) is 18.6. The van der Waals surface area contributed by atoms with E-state index in [9.17, 15) is 9.90 Å². The van der Waals surface area contributed by atoms with Crippen LogP contribution in [0.2, 0.25) is 0 Å². The highest BCUT2D eigenvalue weighted by Crippen LogP contribution is 2.40. The smallest absolute Gasteiger partial charge is 0.338 e. The van der Waals surface area contributed by atoms with E-state index < -0.39 is 5.97 Å². The van der Waals surface area contributed by atoms with E-state index >= 15 is 0 Å². The number of aryl methyl sites for hydroxylation is 1. The summed E-state index contributed by atoms with van der Waals surface area (Å²) >= 11 is 0. The largest absolute Gasteiger partial charge is 0.494 e. The number of carbonyl (C=O) groups excluding carboxylic acids is 1. The standard InChI is InChI=1S/C25H21NO3/c1-16-13-14-19(15-21(16)25(28)29-3)26-22-12-8-7-11-20(22)23(24(26)27)17(2)18-9-5-4-6-10-18/h4-15,27H,2H2,1,3H3. The summed E-state index contributed by atoms with van der Waals surface area (Å²) in [7, 11) is 1.36. The second-order valence-electron chi connectivity index (χ2n) is 6.89. The van der Waals surface area contributed by atoms with Gasteiger partial charge in [0, 0.05) is 11.1 Å². The maximum absolute atomic E-state index is 12.2. The molecule has 0 radical (unpaired) electrons. The Labute approximate surface area is 169 Å². The molecule has 0 aliphatic rings. The molecule has 1 N–H and O–H groups in total. The average Bonchev–Trinajstić information content (AvgIpc) is 3.05. The second kappa shape index (κ2) is 7.32. The number of esters is 1. The monoisotopic (exact) mass is 383 g/mol. The third-order valence-corrected chi connectivity index (χ3v) is 5.16. The van der Waals surface area contributed by atoms with Crippen LogP contribution < -0.4 is 0 Å². The van der Waals surface area contributed by atoms with E-state index in [1.54, 1.807) is 10.6 Å². The fraction of sp³-hybridized carbons (Fsp3) is 0.0800. The number of aromatic hydroxyl groups is 1. The quantitative estimate of drug-likeness (QED) is 0.474. The number of carbonyl (C=O) groups is 1. The molecule has 0 saturated carbocycles. The topological polar surface area (TPSA) is 51.5 Å². The summed E-state index contributed by atoms with van der Waals surface area (Å²) in [6.07, 6.45) is 0. The Morgan fingerprint density at radius 3 is 2.41 bits per heavy atom. The molecule has 0 unspecified atom stereocenters. The van der Waals surface area contributed by atoms with Gasteiger partial charge in [0.2, 0.25) is 5.88 Å². The zero-order valence-electron chi connectivity index (χ0n) is 16.3. The van der Waals surface area contributed by atoms with Crippen LogP contribution in [0.25, 0.3) is 22.2 Å². The Bertz CT molecular complexity index is 1240. The molecule has 4 heteroatoms. The van der Waals surface area contributed by atoms with Gasteiger partial charge in [-0.15, -0.1) is 0 Å². The minimum Gasteiger partial charge on any atom is -0.494 e. The van der Waals surface area contributed by atoms with Crippen LogP contribution in [0.3, 0.4) is 0 Å². The minimum absolute atomic E-state index is 0.0831. The molecule has 1 aromatic heterocycles. The molecule has 0 spiro atoms. The van der Waals surface area contributed by atoms with E-state index in [0.29, 0.717) is 16.8 Å². The fourth-order valence-electron chi connectivity index (χ4n) is 3.65. The number of hydrogen-bond donors (Lipinski definition) is 1. The van der Waals surface area contributed by atoms with Crippen LogP contribution in [0.15, 0.2) is 79.4 Å². The van der Waals surface area contributed by atoms with Crippen LogP contribution in [-0.2, 0) is 4.74 Å². The molecule has 4 nitrogen and oxygen atoms in total. The number of methoxy groups -OCH3 is 1. The highest BCUT2D eigenvalue weighted by molar-refractivity contribution is 6.01. The van der Waals surface area contributed by atoms with Crippen molar-refractivity contribution in [2.45, 2.75) is 6.92 Å². The minimum atomic E-state index is -0.408. The molecular weight excluding hydrogens is 362 g/mol. The van der Waals surface area contributed by atoms with Crippen molar-refractivity contribution in [3.05, 3.63) is 102 Å². The van der Waals surface area contributed by atoms with Crippen LogP contribution in [0.1, 0.15) is 27.0 Å². The normalized spacial score (nSPS) is 10.8. The van der Waals surface area contributed by atoms with E-state index in [0.717, 1.165) is 27.6 Å². The third kappa shape index (κ3) is 3.09. The number of ether oxygens (including phenoxy) is 1. The van der Waals surface area contributed by atoms with Gasteiger partial charge in [0.15, 0.2) is 0 Å². The van der Waals surface area contributed by atoms with Gasteiger partial charge in [-0.3, -0.25) is 4.57 Å². The van der Waals surface area contributed by atoms with Crippen molar-refractivity contribution in [2.24, 2.45) is 0 Å². The first-order valence-electron chi connectivity index (χ1n) is 9.29. The van der Waals surface area contributed by atoms with Gasteiger partial charge >= 0.3 is 5.97 Å². The molecule has 0 amide bonds. The van der Waals surface area contributed by atoms with Gasteiger partial charge in [-0.1, -0.05) is 61.2 Å². The fourth-order valence-corrected chi connectivity index (χ4v) is 3.65. The highest BCUT2D eigenvalue weighted by atomic mass is 16.5. The molecule has 0 fully saturated rings. The number of fused-ring (bicyclic) bond motifs is 1. The van der Waals surface area contributed by atoms with Crippen molar-refractivity contribution in [1.82, 2.24) is 4.57 Å². The summed E-state index contributed by atoms with van der Waals surface area (Å²) in [5, 5.41) is 12.1. The maximum Gasteiger partial charge on any atom is 0.338 e. The lowest BCUT2D eigenvalue weighted by molar-refractivity contribution is 0.0600. The van der Waals surface area contributed by atoms with E-state index in [2.05, 4.69) is 6.58 Å². The van der Waals surface area contributed by atoms with Gasteiger partial charge in [0.1, 0.15) is 0 Å². The van der Waals surface area contributed by atoms with Gasteiger partial charge in [0.25, 0.3) is 0 Å². The third-order valence-electron chi connectivity index (χ3n) is 5.16. The van der Waals surface area contributed by atoms with E-state index in [1.165, 1.54) is 7.11 Å². The number of rotatable bonds is 4. The van der Waals surface area contributed by atoms with Crippen LogP contribution in [0, 0.1) is 6.92 Å². The Hall–Kier alpha value is -3.79. The van der Waals surface area contributed by atoms with Gasteiger partial charge in [-0.25, -0.2) is 4.79 Å². The van der Waals surface area contributed by atoms with Crippen molar-refractivity contribution in [2.75, 3.05) is 7.11 Å². The molecule has 29 heavy (non-hydrogen) atoms. The maximum atomic E-state index is 12.2. The van der Waals surface area contributed by atoms with Gasteiger partial charge in [0.05, 0.1) is 23.8 Å². The molecule has 0 aliphatic heterocycles. The molecular formula is C25H21NO3. The number of para-hydroxylation sites is 1. The van der Waals surface area contributed by atoms with Crippen LogP contribution >= 0.6 is 0 Å². The lowest BCUT2D eigenvalue weighted by atomic mass is 9.99. The SMILES string of the molecule is C=C(c1ccccc1)c1c(O)n(-c2ccc(C)c(C(=O)OC)c2)c2ccccc12. The summed E-state index contributed by atoms with van der Waals surface area (Å²) in [5.41, 5.74) is 5.12. The van der Waals surface area contributed by atoms with Crippen molar-refractivity contribution in [1.29, 1.82) is 0 Å². The molecule has 0 saturated heterocycles. The Morgan fingerprint density at radius 1 is 1.00 bits per heavy atom. The number of benzene rings is 3. The number of aromatic nitrogens is 1. The molecule has 1 heterocycles. The van der Waals surface area contributed by atoms with Crippen molar-refractivity contribution in [3.63, 3.8) is 0 Å². The summed E-state index contributed by atoms with van der Waals surface area (Å²) in [6, 6.07) is 23.0. The predicted molar refractivity (Wildman–Crippen MR) is 116 cm³/mol. The molecule has 4 aromatic rings. The Kier molecular flexibility index (Phi) is 4.69. The number of hydrogen-bond acceptors (Lipinski definition) is 3.